The van der Waals surface area contributed by atoms with E-state index in [1.54, 1.807) is 9.58 Å². The van der Waals surface area contributed by atoms with Crippen molar-refractivity contribution in [1.82, 2.24) is 25.0 Å². The molecule has 0 radical (unpaired) electrons. The number of benzene rings is 1. The molecule has 1 saturated heterocycles. The highest BCUT2D eigenvalue weighted by Crippen LogP contribution is 2.48. The van der Waals surface area contributed by atoms with Crippen LogP contribution in [0.15, 0.2) is 36.7 Å². The van der Waals surface area contributed by atoms with E-state index >= 15 is 0 Å². The molecule has 2 atom stereocenters. The minimum Gasteiger partial charge on any atom is -0.481 e. The maximum absolute atomic E-state index is 12.5. The van der Waals surface area contributed by atoms with Gasteiger partial charge in [0.1, 0.15) is 6.33 Å². The number of carboxylic acids is 1. The minimum absolute atomic E-state index is 0.0544. The maximum Gasteiger partial charge on any atom is 0.317 e. The number of nitrogens with one attached hydrogen (secondary N) is 1. The Morgan fingerprint density at radius 2 is 2.12 bits per heavy atom. The Bertz CT molecular complexity index is 821. The van der Waals surface area contributed by atoms with Crippen LogP contribution in [0, 0.1) is 11.3 Å². The van der Waals surface area contributed by atoms with E-state index < -0.39 is 11.4 Å². The molecule has 1 aromatic carbocycles. The van der Waals surface area contributed by atoms with Gasteiger partial charge in [-0.3, -0.25) is 4.79 Å². The van der Waals surface area contributed by atoms with E-state index in [1.165, 1.54) is 6.33 Å². The number of aromatic nitrogens is 3. The van der Waals surface area contributed by atoms with E-state index in [1.807, 2.05) is 30.3 Å². The molecule has 2 fully saturated rings. The Hall–Kier alpha value is -2.90. The van der Waals surface area contributed by atoms with Gasteiger partial charge in [-0.2, -0.15) is 5.10 Å². The van der Waals surface area contributed by atoms with Crippen LogP contribution >= 0.6 is 0 Å². The van der Waals surface area contributed by atoms with E-state index in [0.29, 0.717) is 18.8 Å². The quantitative estimate of drug-likeness (QED) is 0.869. The third kappa shape index (κ3) is 2.71. The van der Waals surface area contributed by atoms with Crippen molar-refractivity contribution in [1.29, 1.82) is 0 Å². The number of urea groups is 1. The second-order valence-corrected chi connectivity index (χ2v) is 7.01. The third-order valence-corrected chi connectivity index (χ3v) is 5.60. The maximum atomic E-state index is 12.5. The summed E-state index contributed by atoms with van der Waals surface area (Å²) in [5.74, 6) is -0.102. The van der Waals surface area contributed by atoms with E-state index in [0.717, 1.165) is 18.5 Å². The highest BCUT2D eigenvalue weighted by Gasteiger charge is 2.55. The van der Waals surface area contributed by atoms with E-state index in [4.69, 9.17) is 0 Å². The van der Waals surface area contributed by atoms with Gasteiger partial charge in [0, 0.05) is 13.1 Å². The van der Waals surface area contributed by atoms with Gasteiger partial charge < -0.3 is 15.3 Å². The van der Waals surface area contributed by atoms with Crippen molar-refractivity contribution in [2.75, 3.05) is 13.1 Å². The van der Waals surface area contributed by atoms with Crippen LogP contribution < -0.4 is 5.32 Å². The molecule has 2 amide bonds. The number of rotatable bonds is 4. The summed E-state index contributed by atoms with van der Waals surface area (Å²) in [6, 6.07) is 9.32. The molecule has 8 heteroatoms. The summed E-state index contributed by atoms with van der Waals surface area (Å²) in [4.78, 5) is 30.1. The molecule has 0 unspecified atom stereocenters. The van der Waals surface area contributed by atoms with Crippen molar-refractivity contribution in [2.24, 2.45) is 11.3 Å². The lowest BCUT2D eigenvalue weighted by Gasteiger charge is -2.23. The Balaban J connectivity index is 1.42. The van der Waals surface area contributed by atoms with Crippen molar-refractivity contribution < 1.29 is 14.7 Å². The largest absolute Gasteiger partial charge is 0.481 e. The lowest BCUT2D eigenvalue weighted by molar-refractivity contribution is -0.149. The lowest BCUT2D eigenvalue weighted by Crippen LogP contribution is -2.41. The summed E-state index contributed by atoms with van der Waals surface area (Å²) < 4.78 is 1.68. The van der Waals surface area contributed by atoms with E-state index in [2.05, 4.69) is 15.4 Å². The Kier molecular flexibility index (Phi) is 4.10. The van der Waals surface area contributed by atoms with Crippen molar-refractivity contribution in [3.63, 3.8) is 0 Å². The number of hydrogen-bond donors (Lipinski definition) is 2. The highest BCUT2D eigenvalue weighted by atomic mass is 16.4. The third-order valence-electron chi connectivity index (χ3n) is 5.60. The van der Waals surface area contributed by atoms with Gasteiger partial charge in [-0.25, -0.2) is 14.5 Å². The Labute approximate surface area is 150 Å². The van der Waals surface area contributed by atoms with Crippen LogP contribution in [0.3, 0.4) is 0 Å². The van der Waals surface area contributed by atoms with Crippen molar-refractivity contribution in [3.05, 3.63) is 42.5 Å². The van der Waals surface area contributed by atoms with Crippen LogP contribution in [-0.2, 0) is 11.3 Å². The molecule has 26 heavy (non-hydrogen) atoms. The first-order chi connectivity index (χ1) is 12.6. The molecule has 1 aromatic heterocycles. The second kappa shape index (κ2) is 6.44. The van der Waals surface area contributed by atoms with Crippen molar-refractivity contribution >= 4 is 12.0 Å². The highest BCUT2D eigenvalue weighted by molar-refractivity contribution is 5.80. The number of fused-ring (bicyclic) bond motifs is 1. The summed E-state index contributed by atoms with van der Waals surface area (Å²) in [6.07, 6.45) is 3.90. The van der Waals surface area contributed by atoms with Crippen molar-refractivity contribution in [3.8, 4) is 5.69 Å². The van der Waals surface area contributed by atoms with Gasteiger partial charge in [-0.05, 0) is 30.9 Å². The number of likely N-dealkylation sites (tertiary alicyclic amines) is 1. The van der Waals surface area contributed by atoms with Crippen LogP contribution in [0.25, 0.3) is 5.69 Å². The fourth-order valence-corrected chi connectivity index (χ4v) is 4.23. The number of carboxylic acid groups (broad SMARTS) is 1. The minimum atomic E-state index is -0.779. The topological polar surface area (TPSA) is 100 Å². The standard InChI is InChI=1S/C18H21N5O3/c24-16(25)18-8-4-5-13(18)10-22(11-18)17(26)19-9-15-20-12-21-23(15)14-6-2-1-3-7-14/h1-3,6-7,12-13H,4-5,8-11H2,(H,19,26)(H,24,25)/t13-,18+/m0/s1. The molecule has 0 spiro atoms. The van der Waals surface area contributed by atoms with E-state index in [-0.39, 0.29) is 25.0 Å². The van der Waals surface area contributed by atoms with Gasteiger partial charge in [0.25, 0.3) is 0 Å². The molecule has 1 aliphatic carbocycles. The van der Waals surface area contributed by atoms with Gasteiger partial charge in [-0.1, -0.05) is 24.6 Å². The first-order valence-electron chi connectivity index (χ1n) is 8.81. The average Bonchev–Trinajstić information content (AvgIpc) is 3.34. The predicted octanol–water partition coefficient (Wildman–Crippen LogP) is 1.66. The number of carbonyl (C=O) groups is 2. The summed E-state index contributed by atoms with van der Waals surface area (Å²) in [5, 5.41) is 16.7. The van der Waals surface area contributed by atoms with Gasteiger partial charge in [0.15, 0.2) is 5.82 Å². The second-order valence-electron chi connectivity index (χ2n) is 7.01. The van der Waals surface area contributed by atoms with Gasteiger partial charge in [0.2, 0.25) is 0 Å². The molecule has 2 aliphatic rings. The van der Waals surface area contributed by atoms with Crippen LogP contribution in [-0.4, -0.2) is 49.9 Å². The summed E-state index contributed by atoms with van der Waals surface area (Å²) in [7, 11) is 0. The average molecular weight is 355 g/mol. The Morgan fingerprint density at radius 3 is 2.85 bits per heavy atom. The van der Waals surface area contributed by atoms with Crippen LogP contribution in [0.4, 0.5) is 4.79 Å². The number of hydrogen-bond acceptors (Lipinski definition) is 4. The summed E-state index contributed by atoms with van der Waals surface area (Å²) in [6.45, 7) is 1.02. The fraction of sp³-hybridized carbons (Fsp3) is 0.444. The smallest absolute Gasteiger partial charge is 0.317 e. The molecule has 1 aliphatic heterocycles. The fourth-order valence-electron chi connectivity index (χ4n) is 4.23. The molecule has 2 heterocycles. The number of amides is 2. The first-order valence-corrected chi connectivity index (χ1v) is 8.81. The summed E-state index contributed by atoms with van der Waals surface area (Å²) >= 11 is 0. The number of para-hydroxylation sites is 1. The number of carbonyl (C=O) groups excluding carboxylic acids is 1. The lowest BCUT2D eigenvalue weighted by atomic mass is 9.81. The monoisotopic (exact) mass is 355 g/mol. The zero-order chi connectivity index (χ0) is 18.1. The molecule has 0 bridgehead atoms. The SMILES string of the molecule is O=C(NCc1ncnn1-c1ccccc1)N1C[C@@H]2CCC[C@@]2(C(=O)O)C1. The molecule has 4 rings (SSSR count). The van der Waals surface area contributed by atoms with Crippen LogP contribution in [0.5, 0.6) is 0 Å². The number of aliphatic carboxylic acids is 1. The first kappa shape index (κ1) is 16.6. The van der Waals surface area contributed by atoms with Crippen molar-refractivity contribution in [2.45, 2.75) is 25.8 Å². The molecular weight excluding hydrogens is 334 g/mol. The summed E-state index contributed by atoms with van der Waals surface area (Å²) in [5.41, 5.74) is 0.108. The molecule has 2 aromatic rings. The Morgan fingerprint density at radius 1 is 1.31 bits per heavy atom. The predicted molar refractivity (Wildman–Crippen MR) is 92.6 cm³/mol. The zero-order valence-corrected chi connectivity index (χ0v) is 14.3. The molecular formula is C18H21N5O3. The van der Waals surface area contributed by atoms with E-state index in [9.17, 15) is 14.7 Å². The molecule has 8 nitrogen and oxygen atoms in total. The molecule has 1 saturated carbocycles. The normalized spacial score (nSPS) is 24.5. The van der Waals surface area contributed by atoms with Crippen LogP contribution in [0.1, 0.15) is 25.1 Å². The van der Waals surface area contributed by atoms with Gasteiger partial charge in [-0.15, -0.1) is 0 Å². The molecule has 136 valence electrons. The molecule has 2 N–H and O–H groups in total. The van der Waals surface area contributed by atoms with Gasteiger partial charge >= 0.3 is 12.0 Å². The number of nitrogens with zero attached hydrogens (tertiary/aromatic N) is 4. The van der Waals surface area contributed by atoms with Gasteiger partial charge in [0.05, 0.1) is 17.6 Å². The van der Waals surface area contributed by atoms with Crippen LogP contribution in [0.2, 0.25) is 0 Å². The zero-order valence-electron chi connectivity index (χ0n) is 14.3.